The third-order valence-corrected chi connectivity index (χ3v) is 3.51. The monoisotopic (exact) mass is 343 g/mol. The Balaban J connectivity index is 2.06. The van der Waals surface area contributed by atoms with Crippen molar-refractivity contribution in [3.8, 4) is 5.75 Å². The summed E-state index contributed by atoms with van der Waals surface area (Å²) in [5.74, 6) is -1.11. The lowest BCUT2D eigenvalue weighted by molar-refractivity contribution is -0.117. The van der Waals surface area contributed by atoms with Crippen LogP contribution in [0.2, 0.25) is 0 Å². The highest BCUT2D eigenvalue weighted by Gasteiger charge is 2.16. The molecule has 0 spiro atoms. The van der Waals surface area contributed by atoms with Gasteiger partial charge in [-0.15, -0.1) is 0 Å². The van der Waals surface area contributed by atoms with Crippen molar-refractivity contribution in [3.05, 3.63) is 65.0 Å². The number of benzene rings is 2. The Bertz CT molecular complexity index is 794. The standard InChI is InChI=1S/C20H22FNO3/c1-20(2,3)22-19(25)15-6-4-5-13(9-15)10-17(23)11-14-7-8-16(21)12-18(14)24/h4-9,12,24H,10-11H2,1-3H3,(H,22,25). The van der Waals surface area contributed by atoms with Gasteiger partial charge in [-0.3, -0.25) is 9.59 Å². The smallest absolute Gasteiger partial charge is 0.251 e. The Morgan fingerprint density at radius 2 is 1.80 bits per heavy atom. The molecule has 4 nitrogen and oxygen atoms in total. The van der Waals surface area contributed by atoms with Gasteiger partial charge in [0.1, 0.15) is 17.3 Å². The number of nitrogens with one attached hydrogen (secondary N) is 1. The number of ketones is 1. The number of Topliss-reactive ketones (excluding diaryl/α,β-unsaturated/α-hetero) is 1. The van der Waals surface area contributed by atoms with Gasteiger partial charge in [0.25, 0.3) is 5.91 Å². The molecular formula is C20H22FNO3. The Hall–Kier alpha value is -2.69. The van der Waals surface area contributed by atoms with Crippen LogP contribution in [0.3, 0.4) is 0 Å². The quantitative estimate of drug-likeness (QED) is 0.874. The van der Waals surface area contributed by atoms with Crippen molar-refractivity contribution >= 4 is 11.7 Å². The predicted octanol–water partition coefficient (Wildman–Crippen LogP) is 3.41. The lowest BCUT2D eigenvalue weighted by Gasteiger charge is -2.20. The van der Waals surface area contributed by atoms with E-state index in [2.05, 4.69) is 5.32 Å². The van der Waals surface area contributed by atoms with E-state index in [-0.39, 0.29) is 35.8 Å². The normalized spacial score (nSPS) is 11.2. The molecule has 0 heterocycles. The molecule has 0 atom stereocenters. The summed E-state index contributed by atoms with van der Waals surface area (Å²) in [6.45, 7) is 5.69. The van der Waals surface area contributed by atoms with E-state index >= 15 is 0 Å². The van der Waals surface area contributed by atoms with Crippen LogP contribution in [0.15, 0.2) is 42.5 Å². The largest absolute Gasteiger partial charge is 0.508 e. The van der Waals surface area contributed by atoms with E-state index in [0.29, 0.717) is 16.7 Å². The molecule has 2 aromatic carbocycles. The number of aromatic hydroxyl groups is 1. The summed E-state index contributed by atoms with van der Waals surface area (Å²) in [5, 5.41) is 12.6. The van der Waals surface area contributed by atoms with E-state index in [4.69, 9.17) is 0 Å². The van der Waals surface area contributed by atoms with Crippen LogP contribution in [0.4, 0.5) is 4.39 Å². The van der Waals surface area contributed by atoms with Gasteiger partial charge in [-0.05, 0) is 44.5 Å². The van der Waals surface area contributed by atoms with Crippen molar-refractivity contribution in [1.82, 2.24) is 5.32 Å². The molecule has 0 aliphatic carbocycles. The fraction of sp³-hybridized carbons (Fsp3) is 0.300. The number of amides is 1. The van der Waals surface area contributed by atoms with Crippen molar-refractivity contribution < 1.29 is 19.1 Å². The lowest BCUT2D eigenvalue weighted by Crippen LogP contribution is -2.40. The zero-order valence-electron chi connectivity index (χ0n) is 14.6. The maximum Gasteiger partial charge on any atom is 0.251 e. The zero-order chi connectivity index (χ0) is 18.6. The summed E-state index contributed by atoms with van der Waals surface area (Å²) >= 11 is 0. The molecule has 2 N–H and O–H groups in total. The summed E-state index contributed by atoms with van der Waals surface area (Å²) in [6, 6.07) is 10.5. The molecule has 1 amide bonds. The van der Waals surface area contributed by atoms with Gasteiger partial charge in [-0.1, -0.05) is 18.2 Å². The summed E-state index contributed by atoms with van der Waals surface area (Å²) in [4.78, 5) is 24.4. The summed E-state index contributed by atoms with van der Waals surface area (Å²) < 4.78 is 13.0. The van der Waals surface area contributed by atoms with Crippen LogP contribution in [0.5, 0.6) is 5.75 Å². The molecule has 0 aliphatic heterocycles. The third kappa shape index (κ3) is 5.71. The highest BCUT2D eigenvalue weighted by Crippen LogP contribution is 2.19. The molecule has 2 aromatic rings. The molecule has 0 aromatic heterocycles. The van der Waals surface area contributed by atoms with Crippen LogP contribution in [0.25, 0.3) is 0 Å². The first-order valence-corrected chi connectivity index (χ1v) is 8.04. The Labute approximate surface area is 146 Å². The lowest BCUT2D eigenvalue weighted by atomic mass is 10.00. The Kier molecular flexibility index (Phi) is 5.57. The first-order chi connectivity index (χ1) is 11.6. The molecule has 25 heavy (non-hydrogen) atoms. The second-order valence-electron chi connectivity index (χ2n) is 7.07. The molecule has 0 bridgehead atoms. The van der Waals surface area contributed by atoms with Gasteiger partial charge >= 0.3 is 0 Å². The molecule has 0 saturated carbocycles. The average molecular weight is 343 g/mol. The number of carbonyl (C=O) groups excluding carboxylic acids is 2. The van der Waals surface area contributed by atoms with Gasteiger partial charge in [0.15, 0.2) is 0 Å². The number of phenolic OH excluding ortho intramolecular Hbond substituents is 1. The minimum atomic E-state index is -0.550. The number of halogens is 1. The number of carbonyl (C=O) groups is 2. The van der Waals surface area contributed by atoms with Gasteiger partial charge in [0, 0.05) is 35.6 Å². The highest BCUT2D eigenvalue weighted by atomic mass is 19.1. The Morgan fingerprint density at radius 1 is 1.08 bits per heavy atom. The maximum atomic E-state index is 13.0. The zero-order valence-corrected chi connectivity index (χ0v) is 14.6. The van der Waals surface area contributed by atoms with E-state index in [1.54, 1.807) is 24.3 Å². The topological polar surface area (TPSA) is 66.4 Å². The number of rotatable bonds is 5. The van der Waals surface area contributed by atoms with Crippen molar-refractivity contribution in [3.63, 3.8) is 0 Å². The van der Waals surface area contributed by atoms with Crippen molar-refractivity contribution in [1.29, 1.82) is 0 Å². The molecule has 0 radical (unpaired) electrons. The van der Waals surface area contributed by atoms with Gasteiger partial charge in [0.2, 0.25) is 0 Å². The van der Waals surface area contributed by atoms with Crippen LogP contribution >= 0.6 is 0 Å². The third-order valence-electron chi connectivity index (χ3n) is 3.51. The summed E-state index contributed by atoms with van der Waals surface area (Å²) in [7, 11) is 0. The molecule has 2 rings (SSSR count). The minimum absolute atomic E-state index is 0.00449. The van der Waals surface area contributed by atoms with Crippen LogP contribution in [0.1, 0.15) is 42.3 Å². The van der Waals surface area contributed by atoms with Crippen LogP contribution in [-0.4, -0.2) is 22.3 Å². The first kappa shape index (κ1) is 18.6. The SMILES string of the molecule is CC(C)(C)NC(=O)c1cccc(CC(=O)Cc2ccc(F)cc2O)c1. The average Bonchev–Trinajstić information content (AvgIpc) is 2.48. The van der Waals surface area contributed by atoms with Crippen molar-refractivity contribution in [2.45, 2.75) is 39.2 Å². The highest BCUT2D eigenvalue weighted by molar-refractivity contribution is 5.95. The molecule has 0 aliphatic rings. The Morgan fingerprint density at radius 3 is 2.44 bits per heavy atom. The first-order valence-electron chi connectivity index (χ1n) is 8.04. The van der Waals surface area contributed by atoms with Crippen LogP contribution < -0.4 is 5.32 Å². The van der Waals surface area contributed by atoms with Gasteiger partial charge in [-0.2, -0.15) is 0 Å². The van der Waals surface area contributed by atoms with Gasteiger partial charge in [-0.25, -0.2) is 4.39 Å². The van der Waals surface area contributed by atoms with Crippen molar-refractivity contribution in [2.75, 3.05) is 0 Å². The molecule has 132 valence electrons. The fourth-order valence-corrected chi connectivity index (χ4v) is 2.42. The van der Waals surface area contributed by atoms with Crippen LogP contribution in [-0.2, 0) is 17.6 Å². The molecule has 0 saturated heterocycles. The fourth-order valence-electron chi connectivity index (χ4n) is 2.42. The van der Waals surface area contributed by atoms with E-state index < -0.39 is 5.82 Å². The van der Waals surface area contributed by atoms with E-state index in [1.807, 2.05) is 20.8 Å². The van der Waals surface area contributed by atoms with E-state index in [9.17, 15) is 19.1 Å². The predicted molar refractivity (Wildman–Crippen MR) is 94.1 cm³/mol. The number of phenols is 1. The number of hydrogen-bond acceptors (Lipinski definition) is 3. The van der Waals surface area contributed by atoms with Gasteiger partial charge < -0.3 is 10.4 Å². The maximum absolute atomic E-state index is 13.0. The van der Waals surface area contributed by atoms with E-state index in [0.717, 1.165) is 6.07 Å². The van der Waals surface area contributed by atoms with Crippen LogP contribution in [0, 0.1) is 5.82 Å². The second kappa shape index (κ2) is 7.47. The van der Waals surface area contributed by atoms with E-state index in [1.165, 1.54) is 12.1 Å². The second-order valence-corrected chi connectivity index (χ2v) is 7.07. The molecular weight excluding hydrogens is 321 g/mol. The minimum Gasteiger partial charge on any atom is -0.508 e. The molecule has 0 fully saturated rings. The summed E-state index contributed by atoms with van der Waals surface area (Å²) in [5.41, 5.74) is 1.24. The van der Waals surface area contributed by atoms with Gasteiger partial charge in [0.05, 0.1) is 0 Å². The summed E-state index contributed by atoms with van der Waals surface area (Å²) in [6.07, 6.45) is 0.137. The molecule has 0 unspecified atom stereocenters. The van der Waals surface area contributed by atoms with Crippen molar-refractivity contribution in [2.24, 2.45) is 0 Å². The molecule has 5 heteroatoms. The number of hydrogen-bond donors (Lipinski definition) is 2.